The van der Waals surface area contributed by atoms with Gasteiger partial charge in [0.25, 0.3) is 0 Å². The van der Waals surface area contributed by atoms with E-state index in [1.54, 1.807) is 0 Å². The van der Waals surface area contributed by atoms with Gasteiger partial charge in [0.2, 0.25) is 0 Å². The van der Waals surface area contributed by atoms with Crippen LogP contribution in [-0.2, 0) is 6.18 Å². The van der Waals surface area contributed by atoms with Crippen LogP contribution in [0, 0.1) is 6.92 Å². The summed E-state index contributed by atoms with van der Waals surface area (Å²) in [7, 11) is 0. The lowest BCUT2D eigenvalue weighted by Gasteiger charge is -2.13. The van der Waals surface area contributed by atoms with E-state index in [9.17, 15) is 22.8 Å². The minimum absolute atomic E-state index is 0.0670. The molecule has 1 aromatic carbocycles. The molecule has 0 heterocycles. The second-order valence-corrected chi connectivity index (χ2v) is 3.37. The first-order valence-electron chi connectivity index (χ1n) is 4.46. The molecule has 86 valence electrons. The summed E-state index contributed by atoms with van der Waals surface area (Å²) < 4.78 is 37.5. The quantitative estimate of drug-likeness (QED) is 0.578. The SMILES string of the molecule is CC(=O)c1ccc(C(F)(F)F)c(C=O)c1C. The highest BCUT2D eigenvalue weighted by atomic mass is 19.4. The van der Waals surface area contributed by atoms with Crippen LogP contribution in [0.15, 0.2) is 12.1 Å². The fraction of sp³-hybridized carbons (Fsp3) is 0.273. The lowest BCUT2D eigenvalue weighted by atomic mass is 9.95. The molecule has 0 amide bonds. The number of benzene rings is 1. The third kappa shape index (κ3) is 2.13. The van der Waals surface area contributed by atoms with Crippen molar-refractivity contribution in [2.75, 3.05) is 0 Å². The average molecular weight is 230 g/mol. The van der Waals surface area contributed by atoms with Gasteiger partial charge in [-0.2, -0.15) is 13.2 Å². The first-order valence-corrected chi connectivity index (χ1v) is 4.46. The molecule has 5 heteroatoms. The van der Waals surface area contributed by atoms with Crippen molar-refractivity contribution in [2.24, 2.45) is 0 Å². The van der Waals surface area contributed by atoms with Crippen molar-refractivity contribution in [3.63, 3.8) is 0 Å². The van der Waals surface area contributed by atoms with Crippen molar-refractivity contribution in [1.29, 1.82) is 0 Å². The zero-order valence-electron chi connectivity index (χ0n) is 8.68. The second-order valence-electron chi connectivity index (χ2n) is 3.37. The summed E-state index contributed by atoms with van der Waals surface area (Å²) in [6.07, 6.45) is -4.46. The van der Waals surface area contributed by atoms with Gasteiger partial charge in [-0.15, -0.1) is 0 Å². The lowest BCUT2D eigenvalue weighted by molar-refractivity contribution is -0.137. The summed E-state index contributed by atoms with van der Waals surface area (Å²) in [6, 6.07) is 1.85. The zero-order valence-corrected chi connectivity index (χ0v) is 8.68. The topological polar surface area (TPSA) is 34.1 Å². The Morgan fingerprint density at radius 3 is 2.25 bits per heavy atom. The minimum Gasteiger partial charge on any atom is -0.298 e. The highest BCUT2D eigenvalue weighted by Gasteiger charge is 2.34. The van der Waals surface area contributed by atoms with Crippen LogP contribution >= 0.6 is 0 Å². The van der Waals surface area contributed by atoms with E-state index in [0.717, 1.165) is 12.1 Å². The number of rotatable bonds is 2. The van der Waals surface area contributed by atoms with E-state index < -0.39 is 17.3 Å². The van der Waals surface area contributed by atoms with Crippen molar-refractivity contribution < 1.29 is 22.8 Å². The molecule has 0 atom stereocenters. The summed E-state index contributed by atoms with van der Waals surface area (Å²) in [5.74, 6) is -0.366. The summed E-state index contributed by atoms with van der Waals surface area (Å²) in [6.45, 7) is 2.57. The first-order chi connectivity index (χ1) is 7.29. The van der Waals surface area contributed by atoms with E-state index >= 15 is 0 Å². The van der Waals surface area contributed by atoms with Crippen molar-refractivity contribution in [3.05, 3.63) is 34.4 Å². The Bertz CT molecular complexity index is 447. The predicted octanol–water partition coefficient (Wildman–Crippen LogP) is 3.03. The third-order valence-corrected chi connectivity index (χ3v) is 2.32. The summed E-state index contributed by atoms with van der Waals surface area (Å²) in [5.41, 5.74) is -1.28. The number of Topliss-reactive ketones (excluding diaryl/α,β-unsaturated/α-hetero) is 1. The molecule has 0 spiro atoms. The molecule has 2 nitrogen and oxygen atoms in total. The Morgan fingerprint density at radius 2 is 1.88 bits per heavy atom. The van der Waals surface area contributed by atoms with Crippen LogP contribution in [0.1, 0.15) is 38.8 Å². The molecule has 16 heavy (non-hydrogen) atoms. The molecule has 1 rings (SSSR count). The molecule has 0 bridgehead atoms. The van der Waals surface area contributed by atoms with Gasteiger partial charge in [-0.05, 0) is 25.5 Å². The molecule has 0 fully saturated rings. The molecular weight excluding hydrogens is 221 g/mol. The molecule has 0 radical (unpaired) electrons. The van der Waals surface area contributed by atoms with Gasteiger partial charge in [0, 0.05) is 11.1 Å². The monoisotopic (exact) mass is 230 g/mol. The van der Waals surface area contributed by atoms with Crippen LogP contribution in [0.4, 0.5) is 13.2 Å². The number of aldehydes is 1. The van der Waals surface area contributed by atoms with Crippen molar-refractivity contribution in [3.8, 4) is 0 Å². The van der Waals surface area contributed by atoms with Crippen LogP contribution in [-0.4, -0.2) is 12.1 Å². The van der Waals surface area contributed by atoms with E-state index in [1.165, 1.54) is 13.8 Å². The summed E-state index contributed by atoms with van der Waals surface area (Å²) in [5, 5.41) is 0. The lowest BCUT2D eigenvalue weighted by Crippen LogP contribution is -2.12. The number of alkyl halides is 3. The highest BCUT2D eigenvalue weighted by Crippen LogP contribution is 2.33. The fourth-order valence-corrected chi connectivity index (χ4v) is 1.51. The Labute approximate surface area is 90.1 Å². The molecule has 0 aromatic heterocycles. The maximum Gasteiger partial charge on any atom is 0.417 e. The normalized spacial score (nSPS) is 11.3. The van der Waals surface area contributed by atoms with E-state index in [1.807, 2.05) is 0 Å². The zero-order chi connectivity index (χ0) is 12.5. The van der Waals surface area contributed by atoms with E-state index in [0.29, 0.717) is 0 Å². The van der Waals surface area contributed by atoms with E-state index in [-0.39, 0.29) is 23.2 Å². The van der Waals surface area contributed by atoms with Gasteiger partial charge in [-0.25, -0.2) is 0 Å². The van der Waals surface area contributed by atoms with Crippen LogP contribution in [0.2, 0.25) is 0 Å². The van der Waals surface area contributed by atoms with Gasteiger partial charge in [0.1, 0.15) is 0 Å². The van der Waals surface area contributed by atoms with Gasteiger partial charge < -0.3 is 0 Å². The maximum absolute atomic E-state index is 12.5. The molecule has 0 saturated carbocycles. The number of hydrogen-bond acceptors (Lipinski definition) is 2. The maximum atomic E-state index is 12.5. The van der Waals surface area contributed by atoms with Crippen LogP contribution in [0.25, 0.3) is 0 Å². The molecular formula is C11H9F3O2. The van der Waals surface area contributed by atoms with E-state index in [2.05, 4.69) is 0 Å². The standard InChI is InChI=1S/C11H9F3O2/c1-6-8(7(2)16)3-4-10(9(6)5-15)11(12,13)14/h3-5H,1-2H3. The van der Waals surface area contributed by atoms with Gasteiger partial charge in [0.05, 0.1) is 5.56 Å². The Kier molecular flexibility index (Phi) is 3.16. The molecule has 0 aliphatic rings. The van der Waals surface area contributed by atoms with Gasteiger partial charge >= 0.3 is 6.18 Å². The van der Waals surface area contributed by atoms with Gasteiger partial charge in [0.15, 0.2) is 12.1 Å². The van der Waals surface area contributed by atoms with Crippen molar-refractivity contribution >= 4 is 12.1 Å². The number of ketones is 1. The smallest absolute Gasteiger partial charge is 0.298 e. The number of hydrogen-bond donors (Lipinski definition) is 0. The number of halogens is 3. The molecule has 0 N–H and O–H groups in total. The van der Waals surface area contributed by atoms with Crippen LogP contribution < -0.4 is 0 Å². The summed E-state index contributed by atoms with van der Waals surface area (Å²) in [4.78, 5) is 21.8. The average Bonchev–Trinajstić information content (AvgIpc) is 2.15. The highest BCUT2D eigenvalue weighted by molar-refractivity contribution is 5.98. The Hall–Kier alpha value is -1.65. The van der Waals surface area contributed by atoms with Gasteiger partial charge in [-0.3, -0.25) is 9.59 Å². The minimum atomic E-state index is -4.59. The van der Waals surface area contributed by atoms with Crippen molar-refractivity contribution in [2.45, 2.75) is 20.0 Å². The third-order valence-electron chi connectivity index (χ3n) is 2.32. The summed E-state index contributed by atoms with van der Waals surface area (Å²) >= 11 is 0. The Balaban J connectivity index is 3.53. The van der Waals surface area contributed by atoms with Crippen LogP contribution in [0.3, 0.4) is 0 Å². The largest absolute Gasteiger partial charge is 0.417 e. The molecule has 0 aliphatic carbocycles. The number of carbonyl (C=O) groups is 2. The fourth-order valence-electron chi connectivity index (χ4n) is 1.51. The van der Waals surface area contributed by atoms with Crippen LogP contribution in [0.5, 0.6) is 0 Å². The van der Waals surface area contributed by atoms with Crippen molar-refractivity contribution in [1.82, 2.24) is 0 Å². The molecule has 1 aromatic rings. The predicted molar refractivity (Wildman–Crippen MR) is 51.6 cm³/mol. The van der Waals surface area contributed by atoms with Gasteiger partial charge in [-0.1, -0.05) is 6.07 Å². The second kappa shape index (κ2) is 4.08. The Morgan fingerprint density at radius 1 is 1.31 bits per heavy atom. The first kappa shape index (κ1) is 12.4. The van der Waals surface area contributed by atoms with E-state index in [4.69, 9.17) is 0 Å². The number of carbonyl (C=O) groups excluding carboxylic acids is 2. The molecule has 0 aliphatic heterocycles. The molecule has 0 saturated heterocycles. The molecule has 0 unspecified atom stereocenters.